The predicted molar refractivity (Wildman–Crippen MR) is 103 cm³/mol. The largest absolute Gasteiger partial charge is 0.354 e. The summed E-state index contributed by atoms with van der Waals surface area (Å²) < 4.78 is 0. The van der Waals surface area contributed by atoms with Gasteiger partial charge in [-0.05, 0) is 43.9 Å². The fourth-order valence-electron chi connectivity index (χ4n) is 4.74. The lowest BCUT2D eigenvalue weighted by Gasteiger charge is -2.44. The summed E-state index contributed by atoms with van der Waals surface area (Å²) in [5, 5.41) is 7.00. The van der Waals surface area contributed by atoms with Crippen LogP contribution in [0.3, 0.4) is 0 Å². The molecule has 4 unspecified atom stereocenters. The fraction of sp³-hybridized carbons (Fsp3) is 0.700. The molecular formula is C20H31N5O. The van der Waals surface area contributed by atoms with Gasteiger partial charge in [-0.25, -0.2) is 4.98 Å². The second kappa shape index (κ2) is 7.92. The zero-order chi connectivity index (χ0) is 17.9. The minimum atomic E-state index is 0.194. The number of piperidine rings is 2. The number of amides is 1. The van der Waals surface area contributed by atoms with Gasteiger partial charge in [0.1, 0.15) is 5.82 Å². The summed E-state index contributed by atoms with van der Waals surface area (Å²) in [6.07, 6.45) is 4.93. The number of carbonyl (C=O) groups is 1. The van der Waals surface area contributed by atoms with E-state index >= 15 is 0 Å². The molecule has 4 rings (SSSR count). The van der Waals surface area contributed by atoms with E-state index in [0.717, 1.165) is 64.3 Å². The molecule has 26 heavy (non-hydrogen) atoms. The number of carbonyl (C=O) groups excluding carboxylic acids is 1. The van der Waals surface area contributed by atoms with Gasteiger partial charge >= 0.3 is 0 Å². The summed E-state index contributed by atoms with van der Waals surface area (Å²) in [4.78, 5) is 21.6. The van der Waals surface area contributed by atoms with E-state index in [1.165, 1.54) is 0 Å². The number of hydrogen-bond donors (Lipinski definition) is 2. The van der Waals surface area contributed by atoms with Gasteiger partial charge < -0.3 is 15.5 Å². The van der Waals surface area contributed by atoms with Crippen LogP contribution in [0.1, 0.15) is 26.2 Å². The van der Waals surface area contributed by atoms with Crippen molar-refractivity contribution in [3.63, 3.8) is 0 Å². The maximum atomic E-state index is 12.2. The van der Waals surface area contributed by atoms with E-state index in [1.54, 1.807) is 0 Å². The molecule has 1 aromatic rings. The van der Waals surface area contributed by atoms with E-state index in [2.05, 4.69) is 44.5 Å². The van der Waals surface area contributed by atoms with Gasteiger partial charge in [-0.1, -0.05) is 13.0 Å². The van der Waals surface area contributed by atoms with Crippen LogP contribution in [0.15, 0.2) is 24.4 Å². The Kier molecular flexibility index (Phi) is 5.41. The highest BCUT2D eigenvalue weighted by molar-refractivity contribution is 5.80. The zero-order valence-electron chi connectivity index (χ0n) is 15.7. The van der Waals surface area contributed by atoms with Crippen molar-refractivity contribution in [1.29, 1.82) is 0 Å². The molecule has 0 bridgehead atoms. The van der Waals surface area contributed by atoms with Crippen LogP contribution >= 0.6 is 0 Å². The molecule has 0 saturated carbocycles. The third kappa shape index (κ3) is 3.86. The zero-order valence-corrected chi connectivity index (χ0v) is 15.7. The Hall–Kier alpha value is -1.66. The first-order chi connectivity index (χ1) is 12.7. The van der Waals surface area contributed by atoms with Crippen molar-refractivity contribution >= 4 is 11.7 Å². The van der Waals surface area contributed by atoms with Gasteiger partial charge in [-0.15, -0.1) is 0 Å². The summed E-state index contributed by atoms with van der Waals surface area (Å²) in [5.74, 6) is 2.17. The average molecular weight is 358 g/mol. The molecule has 4 atom stereocenters. The molecule has 1 aromatic heterocycles. The van der Waals surface area contributed by atoms with Gasteiger partial charge in [-0.3, -0.25) is 9.69 Å². The van der Waals surface area contributed by atoms with Gasteiger partial charge in [0.25, 0.3) is 0 Å². The third-order valence-corrected chi connectivity index (χ3v) is 6.33. The van der Waals surface area contributed by atoms with Crippen molar-refractivity contribution in [3.8, 4) is 0 Å². The number of aromatic nitrogens is 1. The van der Waals surface area contributed by atoms with E-state index < -0.39 is 0 Å². The van der Waals surface area contributed by atoms with E-state index in [4.69, 9.17) is 0 Å². The molecular weight excluding hydrogens is 326 g/mol. The van der Waals surface area contributed by atoms with Crippen LogP contribution in [0, 0.1) is 11.8 Å². The van der Waals surface area contributed by atoms with Gasteiger partial charge in [0.15, 0.2) is 0 Å². The van der Waals surface area contributed by atoms with Gasteiger partial charge in [0.05, 0.1) is 0 Å². The summed E-state index contributed by atoms with van der Waals surface area (Å²) >= 11 is 0. The number of pyridine rings is 1. The Morgan fingerprint density at radius 3 is 2.73 bits per heavy atom. The number of rotatable bonds is 4. The SMILES string of the molecule is CCC1CC2NCC(CN3CCN(c4ccccn4)CC3)CC2NC1=O. The Morgan fingerprint density at radius 2 is 2.00 bits per heavy atom. The maximum absolute atomic E-state index is 12.2. The molecule has 142 valence electrons. The van der Waals surface area contributed by atoms with Crippen LogP contribution in [0.5, 0.6) is 0 Å². The van der Waals surface area contributed by atoms with E-state index in [0.29, 0.717) is 18.0 Å². The molecule has 0 aliphatic carbocycles. The van der Waals surface area contributed by atoms with Gasteiger partial charge in [0.2, 0.25) is 5.91 Å². The van der Waals surface area contributed by atoms with Crippen LogP contribution in [0.25, 0.3) is 0 Å². The first-order valence-corrected chi connectivity index (χ1v) is 10.1. The fourth-order valence-corrected chi connectivity index (χ4v) is 4.74. The average Bonchev–Trinajstić information content (AvgIpc) is 2.69. The smallest absolute Gasteiger partial charge is 0.223 e. The van der Waals surface area contributed by atoms with Crippen molar-refractivity contribution in [3.05, 3.63) is 24.4 Å². The highest BCUT2D eigenvalue weighted by Crippen LogP contribution is 2.27. The minimum absolute atomic E-state index is 0.194. The number of fused-ring (bicyclic) bond motifs is 1. The molecule has 6 nitrogen and oxygen atoms in total. The standard InChI is InChI=1S/C20H31N5O/c1-2-16-12-17-18(23-20(16)26)11-15(13-22-17)14-24-7-9-25(10-8-24)19-5-3-4-6-21-19/h3-6,15-18,22H,2,7-14H2,1H3,(H,23,26). The number of nitrogens with zero attached hydrogens (tertiary/aromatic N) is 3. The lowest BCUT2D eigenvalue weighted by Crippen LogP contribution is -2.62. The first kappa shape index (κ1) is 17.7. The van der Waals surface area contributed by atoms with Crippen molar-refractivity contribution in [2.45, 2.75) is 38.3 Å². The number of nitrogens with one attached hydrogen (secondary N) is 2. The summed E-state index contributed by atoms with van der Waals surface area (Å²) in [7, 11) is 0. The molecule has 3 aliphatic heterocycles. The van der Waals surface area contributed by atoms with Gasteiger partial charge in [0, 0.05) is 56.9 Å². The first-order valence-electron chi connectivity index (χ1n) is 10.1. The third-order valence-electron chi connectivity index (χ3n) is 6.33. The quantitative estimate of drug-likeness (QED) is 0.845. The maximum Gasteiger partial charge on any atom is 0.223 e. The molecule has 3 saturated heterocycles. The van der Waals surface area contributed by atoms with Gasteiger partial charge in [-0.2, -0.15) is 0 Å². The van der Waals surface area contributed by atoms with E-state index in [-0.39, 0.29) is 11.8 Å². The van der Waals surface area contributed by atoms with Crippen molar-refractivity contribution in [1.82, 2.24) is 20.5 Å². The summed E-state index contributed by atoms with van der Waals surface area (Å²) in [6.45, 7) is 8.57. The molecule has 0 spiro atoms. The summed E-state index contributed by atoms with van der Waals surface area (Å²) in [6, 6.07) is 6.90. The van der Waals surface area contributed by atoms with E-state index in [1.807, 2.05) is 12.3 Å². The second-order valence-corrected chi connectivity index (χ2v) is 8.05. The minimum Gasteiger partial charge on any atom is -0.354 e. The van der Waals surface area contributed by atoms with Crippen LogP contribution in [-0.4, -0.2) is 67.1 Å². The van der Waals surface area contributed by atoms with Crippen LogP contribution in [0.2, 0.25) is 0 Å². The molecule has 2 N–H and O–H groups in total. The lowest BCUT2D eigenvalue weighted by atomic mass is 9.80. The topological polar surface area (TPSA) is 60.5 Å². The Labute approximate surface area is 156 Å². The molecule has 0 radical (unpaired) electrons. The molecule has 6 heteroatoms. The monoisotopic (exact) mass is 357 g/mol. The molecule has 0 aromatic carbocycles. The molecule has 3 fully saturated rings. The normalized spacial score (nSPS) is 32.8. The Morgan fingerprint density at radius 1 is 1.15 bits per heavy atom. The van der Waals surface area contributed by atoms with Crippen LogP contribution < -0.4 is 15.5 Å². The Bertz CT molecular complexity index is 601. The number of anilines is 1. The van der Waals surface area contributed by atoms with E-state index in [9.17, 15) is 4.79 Å². The predicted octanol–water partition coefficient (Wildman–Crippen LogP) is 1.10. The summed E-state index contributed by atoms with van der Waals surface area (Å²) in [5.41, 5.74) is 0. The van der Waals surface area contributed by atoms with Crippen molar-refractivity contribution in [2.24, 2.45) is 11.8 Å². The number of piperazine rings is 1. The highest BCUT2D eigenvalue weighted by Gasteiger charge is 2.38. The molecule has 4 heterocycles. The molecule has 3 aliphatic rings. The lowest BCUT2D eigenvalue weighted by molar-refractivity contribution is -0.129. The van der Waals surface area contributed by atoms with Crippen LogP contribution in [-0.2, 0) is 4.79 Å². The van der Waals surface area contributed by atoms with Crippen LogP contribution in [0.4, 0.5) is 5.82 Å². The Balaban J connectivity index is 1.25. The second-order valence-electron chi connectivity index (χ2n) is 8.05. The highest BCUT2D eigenvalue weighted by atomic mass is 16.2. The number of hydrogen-bond acceptors (Lipinski definition) is 5. The van der Waals surface area contributed by atoms with Crippen molar-refractivity contribution in [2.75, 3.05) is 44.2 Å². The molecule has 1 amide bonds. The van der Waals surface area contributed by atoms with Crippen molar-refractivity contribution < 1.29 is 4.79 Å².